The SMILES string of the molecule is CC1(C2=Cc3ccccc3CC2)CC1. The third-order valence-corrected chi connectivity index (χ3v) is 3.82. The van der Waals surface area contributed by atoms with Gasteiger partial charge in [0.2, 0.25) is 0 Å². The fraction of sp³-hybridized carbons (Fsp3) is 0.429. The van der Waals surface area contributed by atoms with Crippen molar-refractivity contribution in [1.82, 2.24) is 0 Å². The van der Waals surface area contributed by atoms with E-state index in [0.29, 0.717) is 5.41 Å². The quantitative estimate of drug-likeness (QED) is 0.622. The molecule has 14 heavy (non-hydrogen) atoms. The fourth-order valence-corrected chi connectivity index (χ4v) is 2.42. The molecule has 2 aliphatic carbocycles. The molecule has 0 bridgehead atoms. The highest BCUT2D eigenvalue weighted by atomic mass is 14.5. The monoisotopic (exact) mass is 184 g/mol. The largest absolute Gasteiger partial charge is 0.0634 e. The van der Waals surface area contributed by atoms with Crippen LogP contribution in [0.5, 0.6) is 0 Å². The molecule has 0 aliphatic heterocycles. The van der Waals surface area contributed by atoms with Gasteiger partial charge < -0.3 is 0 Å². The zero-order valence-electron chi connectivity index (χ0n) is 8.72. The fourth-order valence-electron chi connectivity index (χ4n) is 2.42. The van der Waals surface area contributed by atoms with E-state index in [4.69, 9.17) is 0 Å². The third-order valence-electron chi connectivity index (χ3n) is 3.82. The molecule has 0 saturated heterocycles. The molecule has 72 valence electrons. The van der Waals surface area contributed by atoms with E-state index < -0.39 is 0 Å². The summed E-state index contributed by atoms with van der Waals surface area (Å²) in [4.78, 5) is 0. The molecule has 0 N–H and O–H groups in total. The van der Waals surface area contributed by atoms with E-state index in [-0.39, 0.29) is 0 Å². The van der Waals surface area contributed by atoms with E-state index in [1.807, 2.05) is 0 Å². The van der Waals surface area contributed by atoms with E-state index in [0.717, 1.165) is 0 Å². The molecule has 1 aromatic carbocycles. The lowest BCUT2D eigenvalue weighted by molar-refractivity contribution is 0.644. The van der Waals surface area contributed by atoms with Crippen LogP contribution in [-0.4, -0.2) is 0 Å². The lowest BCUT2D eigenvalue weighted by Crippen LogP contribution is -2.06. The maximum atomic E-state index is 2.44. The smallest absolute Gasteiger partial charge is 0.0112 e. The van der Waals surface area contributed by atoms with E-state index in [1.165, 1.54) is 36.8 Å². The topological polar surface area (TPSA) is 0 Å². The van der Waals surface area contributed by atoms with Gasteiger partial charge in [0.15, 0.2) is 0 Å². The molecule has 1 saturated carbocycles. The van der Waals surface area contributed by atoms with Crippen LogP contribution in [0.3, 0.4) is 0 Å². The van der Waals surface area contributed by atoms with Gasteiger partial charge in [-0.3, -0.25) is 0 Å². The zero-order chi connectivity index (χ0) is 9.60. The van der Waals surface area contributed by atoms with Gasteiger partial charge in [0, 0.05) is 0 Å². The Kier molecular flexibility index (Phi) is 1.61. The number of rotatable bonds is 1. The summed E-state index contributed by atoms with van der Waals surface area (Å²) in [5.41, 5.74) is 5.26. The first kappa shape index (κ1) is 8.28. The summed E-state index contributed by atoms with van der Waals surface area (Å²) < 4.78 is 0. The predicted octanol–water partition coefficient (Wildman–Crippen LogP) is 3.82. The van der Waals surface area contributed by atoms with Gasteiger partial charge in [-0.05, 0) is 42.2 Å². The minimum atomic E-state index is 0.577. The Morgan fingerprint density at radius 3 is 2.64 bits per heavy atom. The number of allylic oxidation sites excluding steroid dienone is 1. The number of hydrogen-bond acceptors (Lipinski definition) is 0. The lowest BCUT2D eigenvalue weighted by Gasteiger charge is -2.20. The maximum absolute atomic E-state index is 2.44. The molecule has 0 nitrogen and oxygen atoms in total. The van der Waals surface area contributed by atoms with Crippen LogP contribution in [-0.2, 0) is 6.42 Å². The van der Waals surface area contributed by atoms with E-state index in [9.17, 15) is 0 Å². The van der Waals surface area contributed by atoms with Gasteiger partial charge in [0.25, 0.3) is 0 Å². The molecule has 0 atom stereocenters. The van der Waals surface area contributed by atoms with Gasteiger partial charge in [-0.25, -0.2) is 0 Å². The van der Waals surface area contributed by atoms with Crippen molar-refractivity contribution in [2.45, 2.75) is 32.6 Å². The highest BCUT2D eigenvalue weighted by Gasteiger charge is 2.40. The van der Waals surface area contributed by atoms with Crippen molar-refractivity contribution in [1.29, 1.82) is 0 Å². The molecular formula is C14H16. The molecule has 1 fully saturated rings. The van der Waals surface area contributed by atoms with Crippen LogP contribution in [0.4, 0.5) is 0 Å². The maximum Gasteiger partial charge on any atom is -0.0112 e. The minimum Gasteiger partial charge on any atom is -0.0634 e. The minimum absolute atomic E-state index is 0.577. The Morgan fingerprint density at radius 2 is 1.86 bits per heavy atom. The highest BCUT2D eigenvalue weighted by Crippen LogP contribution is 2.54. The summed E-state index contributed by atoms with van der Waals surface area (Å²) in [5, 5.41) is 0. The number of benzene rings is 1. The van der Waals surface area contributed by atoms with Crippen molar-refractivity contribution in [3.8, 4) is 0 Å². The number of hydrogen-bond donors (Lipinski definition) is 0. The second-order valence-corrected chi connectivity index (χ2v) is 4.93. The summed E-state index contributed by atoms with van der Waals surface area (Å²) in [6, 6.07) is 8.81. The standard InChI is InChI=1S/C14H16/c1-14(8-9-14)13-7-6-11-4-2-3-5-12(11)10-13/h2-5,10H,6-9H2,1H3. The molecule has 0 aromatic heterocycles. The Labute approximate surface area is 85.6 Å². The van der Waals surface area contributed by atoms with Crippen molar-refractivity contribution in [3.63, 3.8) is 0 Å². The van der Waals surface area contributed by atoms with E-state index >= 15 is 0 Å². The summed E-state index contributed by atoms with van der Waals surface area (Å²) in [7, 11) is 0. The van der Waals surface area contributed by atoms with Gasteiger partial charge in [0.1, 0.15) is 0 Å². The second kappa shape index (κ2) is 2.73. The molecule has 0 amide bonds. The Balaban J connectivity index is 2.02. The highest BCUT2D eigenvalue weighted by molar-refractivity contribution is 5.61. The number of fused-ring (bicyclic) bond motifs is 1. The van der Waals surface area contributed by atoms with Crippen LogP contribution in [0.2, 0.25) is 0 Å². The van der Waals surface area contributed by atoms with E-state index in [1.54, 1.807) is 5.57 Å². The first-order chi connectivity index (χ1) is 6.78. The Bertz CT molecular complexity index is 394. The van der Waals surface area contributed by atoms with Crippen LogP contribution >= 0.6 is 0 Å². The van der Waals surface area contributed by atoms with Gasteiger partial charge in [0.05, 0.1) is 0 Å². The predicted molar refractivity (Wildman–Crippen MR) is 60.1 cm³/mol. The third kappa shape index (κ3) is 1.21. The summed E-state index contributed by atoms with van der Waals surface area (Å²) in [6.45, 7) is 2.41. The van der Waals surface area contributed by atoms with Crippen molar-refractivity contribution in [2.75, 3.05) is 0 Å². The van der Waals surface area contributed by atoms with Crippen molar-refractivity contribution in [2.24, 2.45) is 5.41 Å². The average molecular weight is 184 g/mol. The van der Waals surface area contributed by atoms with Gasteiger partial charge >= 0.3 is 0 Å². The first-order valence-electron chi connectivity index (χ1n) is 5.57. The van der Waals surface area contributed by atoms with Crippen molar-refractivity contribution < 1.29 is 0 Å². The van der Waals surface area contributed by atoms with Crippen LogP contribution in [0.25, 0.3) is 6.08 Å². The van der Waals surface area contributed by atoms with Gasteiger partial charge in [-0.2, -0.15) is 0 Å². The Hall–Kier alpha value is -1.04. The Morgan fingerprint density at radius 1 is 1.07 bits per heavy atom. The molecule has 2 aliphatic rings. The zero-order valence-corrected chi connectivity index (χ0v) is 8.72. The average Bonchev–Trinajstić information content (AvgIpc) is 2.97. The van der Waals surface area contributed by atoms with Crippen molar-refractivity contribution >= 4 is 6.08 Å². The molecule has 0 heteroatoms. The van der Waals surface area contributed by atoms with Gasteiger partial charge in [-0.1, -0.05) is 42.8 Å². The van der Waals surface area contributed by atoms with Crippen molar-refractivity contribution in [3.05, 3.63) is 41.0 Å². The van der Waals surface area contributed by atoms with E-state index in [2.05, 4.69) is 37.3 Å². The molecular weight excluding hydrogens is 168 g/mol. The summed E-state index contributed by atoms with van der Waals surface area (Å²) in [6.07, 6.45) is 7.78. The van der Waals surface area contributed by atoms with Crippen LogP contribution < -0.4 is 0 Å². The molecule has 0 heterocycles. The molecule has 0 radical (unpaired) electrons. The molecule has 0 spiro atoms. The number of aryl methyl sites for hydroxylation is 1. The first-order valence-corrected chi connectivity index (χ1v) is 5.57. The summed E-state index contributed by atoms with van der Waals surface area (Å²) in [5.74, 6) is 0. The summed E-state index contributed by atoms with van der Waals surface area (Å²) >= 11 is 0. The van der Waals surface area contributed by atoms with Crippen LogP contribution in [0.1, 0.15) is 37.3 Å². The second-order valence-electron chi connectivity index (χ2n) is 4.93. The molecule has 1 aromatic rings. The molecule has 3 rings (SSSR count). The van der Waals surface area contributed by atoms with Crippen LogP contribution in [0.15, 0.2) is 29.8 Å². The van der Waals surface area contributed by atoms with Gasteiger partial charge in [-0.15, -0.1) is 0 Å². The molecule has 0 unspecified atom stereocenters. The normalized spacial score (nSPS) is 22.5. The lowest BCUT2D eigenvalue weighted by atomic mass is 9.85. The van der Waals surface area contributed by atoms with Crippen LogP contribution in [0, 0.1) is 5.41 Å².